The van der Waals surface area contributed by atoms with E-state index >= 15 is 0 Å². The number of hydrogen-bond acceptors (Lipinski definition) is 2. The van der Waals surface area contributed by atoms with Crippen molar-refractivity contribution in [2.45, 2.75) is 13.5 Å². The Kier molecular flexibility index (Phi) is 3.78. The van der Waals surface area contributed by atoms with Crippen LogP contribution in [0, 0.1) is 0 Å². The van der Waals surface area contributed by atoms with Gasteiger partial charge in [0.15, 0.2) is 0 Å². The molecule has 0 fully saturated rings. The van der Waals surface area contributed by atoms with Crippen molar-refractivity contribution < 1.29 is 14.3 Å². The quantitative estimate of drug-likeness (QED) is 0.349. The molecule has 0 atom stereocenters. The van der Waals surface area contributed by atoms with E-state index in [9.17, 15) is 4.79 Å². The molecule has 0 unspecified atom stereocenters. The summed E-state index contributed by atoms with van der Waals surface area (Å²) in [4.78, 5) is 10.1. The number of hydrogen-bond donors (Lipinski definition) is 1. The summed E-state index contributed by atoms with van der Waals surface area (Å²) in [5.41, 5.74) is 0.254. The van der Waals surface area contributed by atoms with E-state index in [1.165, 1.54) is 13.2 Å². The van der Waals surface area contributed by atoms with Gasteiger partial charge in [0.25, 0.3) is 0 Å². The Hall–Kier alpha value is -0.773. The topological polar surface area (TPSA) is 46.5 Å². The Labute approximate surface area is 56.3 Å². The molecule has 0 aliphatic heterocycles. The summed E-state index contributed by atoms with van der Waals surface area (Å²) in [7, 11) is -0.501. The first kappa shape index (κ1) is 8.23. The normalized spacial score (nSPS) is 12.4. The Balaban J connectivity index is 3.69. The molecule has 0 aromatic carbocycles. The van der Waals surface area contributed by atoms with Crippen molar-refractivity contribution in [3.8, 4) is 0 Å². The van der Waals surface area contributed by atoms with Crippen LogP contribution in [0.15, 0.2) is 11.8 Å². The van der Waals surface area contributed by atoms with Gasteiger partial charge in [0, 0.05) is 0 Å². The molecule has 0 heterocycles. The van der Waals surface area contributed by atoms with Crippen molar-refractivity contribution >= 4 is 15.7 Å². The highest BCUT2D eigenvalue weighted by Gasteiger charge is 1.97. The van der Waals surface area contributed by atoms with Crippen molar-refractivity contribution in [1.82, 2.24) is 0 Å². The van der Waals surface area contributed by atoms with Gasteiger partial charge in [-0.1, -0.05) is 0 Å². The van der Waals surface area contributed by atoms with E-state index in [2.05, 4.69) is 0 Å². The molecule has 0 bridgehead atoms. The predicted octanol–water partition coefficient (Wildman–Crippen LogP) is 0.123. The van der Waals surface area contributed by atoms with Gasteiger partial charge in [0.05, 0.1) is 11.8 Å². The second-order valence-electron chi connectivity index (χ2n) is 1.56. The number of carboxylic acid groups (broad SMARTS) is 1. The fourth-order valence-corrected chi connectivity index (χ4v) is 0.675. The van der Waals surface area contributed by atoms with E-state index in [0.717, 1.165) is 0 Å². The van der Waals surface area contributed by atoms with Crippen LogP contribution in [0.2, 0.25) is 6.55 Å². The van der Waals surface area contributed by atoms with E-state index < -0.39 is 15.7 Å². The van der Waals surface area contributed by atoms with Crippen LogP contribution in [0.25, 0.3) is 0 Å². The molecule has 9 heavy (non-hydrogen) atoms. The van der Waals surface area contributed by atoms with Crippen LogP contribution in [0.3, 0.4) is 0 Å². The lowest BCUT2D eigenvalue weighted by atomic mass is 10.4. The maximum atomic E-state index is 10.1. The Morgan fingerprint density at radius 3 is 2.67 bits per heavy atom. The van der Waals surface area contributed by atoms with Crippen LogP contribution in [-0.2, 0) is 9.22 Å². The molecular formula is C5H10O3Si. The summed E-state index contributed by atoms with van der Waals surface area (Å²) in [5, 5.41) is 8.28. The molecule has 52 valence electrons. The summed E-state index contributed by atoms with van der Waals surface area (Å²) in [6, 6.07) is 0. The van der Waals surface area contributed by atoms with Crippen molar-refractivity contribution in [3.05, 3.63) is 11.8 Å². The fourth-order valence-electron chi connectivity index (χ4n) is 0.259. The molecule has 0 radical (unpaired) electrons. The molecule has 0 amide bonds. The Bertz CT molecular complexity index is 130. The zero-order valence-corrected chi connectivity index (χ0v) is 6.96. The number of carbonyl (C=O) groups is 1. The lowest BCUT2D eigenvalue weighted by molar-refractivity contribution is -0.132. The van der Waals surface area contributed by atoms with Crippen LogP contribution in [0.1, 0.15) is 6.92 Å². The molecule has 4 heteroatoms. The zero-order chi connectivity index (χ0) is 7.28. The summed E-state index contributed by atoms with van der Waals surface area (Å²) in [6.45, 7) is 3.44. The zero-order valence-electron chi connectivity index (χ0n) is 5.55. The third-order valence-electron chi connectivity index (χ3n) is 0.764. The van der Waals surface area contributed by atoms with Crippen molar-refractivity contribution in [3.63, 3.8) is 0 Å². The second-order valence-corrected chi connectivity index (χ2v) is 2.47. The smallest absolute Gasteiger partial charge is 0.334 e. The highest BCUT2D eigenvalue weighted by Crippen LogP contribution is 1.90. The van der Waals surface area contributed by atoms with Gasteiger partial charge >= 0.3 is 5.97 Å². The molecule has 0 aromatic heterocycles. The van der Waals surface area contributed by atoms with Crippen LogP contribution in [0.5, 0.6) is 0 Å². The molecule has 3 nitrogen and oxygen atoms in total. The van der Waals surface area contributed by atoms with Crippen LogP contribution in [-0.4, -0.2) is 20.8 Å². The van der Waals surface area contributed by atoms with Gasteiger partial charge in [-0.05, 0) is 13.5 Å². The lowest BCUT2D eigenvalue weighted by Gasteiger charge is -1.94. The van der Waals surface area contributed by atoms with E-state index in [0.29, 0.717) is 0 Å². The van der Waals surface area contributed by atoms with Crippen LogP contribution >= 0.6 is 0 Å². The standard InChI is InChI=1S/C5H10O3Si/c1-4(5(6)7)3-8-9-2/h3H,9H2,1-2H3,(H,6,7). The third-order valence-corrected chi connectivity index (χ3v) is 1.26. The molecule has 0 rings (SSSR count). The van der Waals surface area contributed by atoms with Gasteiger partial charge < -0.3 is 9.53 Å². The first-order chi connectivity index (χ1) is 4.18. The molecule has 0 aliphatic rings. The van der Waals surface area contributed by atoms with Crippen LogP contribution < -0.4 is 0 Å². The fraction of sp³-hybridized carbons (Fsp3) is 0.400. The molecule has 0 saturated carbocycles. The largest absolute Gasteiger partial charge is 0.554 e. The maximum absolute atomic E-state index is 10.1. The number of rotatable bonds is 3. The first-order valence-electron chi connectivity index (χ1n) is 2.70. The van der Waals surface area contributed by atoms with Gasteiger partial charge in [-0.15, -0.1) is 0 Å². The van der Waals surface area contributed by atoms with Gasteiger partial charge in [-0.3, -0.25) is 0 Å². The second kappa shape index (κ2) is 4.14. The molecule has 0 spiro atoms. The average molecular weight is 146 g/mol. The molecule has 0 aliphatic carbocycles. The van der Waals surface area contributed by atoms with Gasteiger partial charge in [0.2, 0.25) is 9.76 Å². The predicted molar refractivity (Wildman–Crippen MR) is 36.9 cm³/mol. The van der Waals surface area contributed by atoms with Gasteiger partial charge in [-0.2, -0.15) is 0 Å². The van der Waals surface area contributed by atoms with Crippen LogP contribution in [0.4, 0.5) is 0 Å². The lowest BCUT2D eigenvalue weighted by Crippen LogP contribution is -1.97. The minimum absolute atomic E-state index is 0.254. The summed E-state index contributed by atoms with van der Waals surface area (Å²) >= 11 is 0. The molecule has 0 aromatic rings. The first-order valence-corrected chi connectivity index (χ1v) is 4.69. The highest BCUT2D eigenvalue weighted by molar-refractivity contribution is 6.25. The maximum Gasteiger partial charge on any atom is 0.334 e. The van der Waals surface area contributed by atoms with E-state index in [-0.39, 0.29) is 5.57 Å². The summed E-state index contributed by atoms with van der Waals surface area (Å²) in [5.74, 6) is -0.919. The SMILES string of the molecule is C[SiH2]OC=C(C)C(=O)O. The minimum Gasteiger partial charge on any atom is -0.554 e. The highest BCUT2D eigenvalue weighted by atomic mass is 28.2. The number of carboxylic acids is 1. The minimum atomic E-state index is -0.919. The van der Waals surface area contributed by atoms with Gasteiger partial charge in [-0.25, -0.2) is 4.79 Å². The molecule has 0 saturated heterocycles. The van der Waals surface area contributed by atoms with E-state index in [1.807, 2.05) is 6.55 Å². The van der Waals surface area contributed by atoms with Crippen molar-refractivity contribution in [1.29, 1.82) is 0 Å². The number of aliphatic carboxylic acids is 1. The summed E-state index contributed by atoms with van der Waals surface area (Å²) in [6.07, 6.45) is 1.30. The van der Waals surface area contributed by atoms with E-state index in [1.54, 1.807) is 0 Å². The van der Waals surface area contributed by atoms with E-state index in [4.69, 9.17) is 9.53 Å². The Morgan fingerprint density at radius 2 is 2.33 bits per heavy atom. The average Bonchev–Trinajstić information content (AvgIpc) is 1.82. The monoisotopic (exact) mass is 146 g/mol. The molecular weight excluding hydrogens is 136 g/mol. The van der Waals surface area contributed by atoms with Crippen molar-refractivity contribution in [2.24, 2.45) is 0 Å². The van der Waals surface area contributed by atoms with Crippen molar-refractivity contribution in [2.75, 3.05) is 0 Å². The Morgan fingerprint density at radius 1 is 1.78 bits per heavy atom. The third kappa shape index (κ3) is 3.78. The summed E-state index contributed by atoms with van der Waals surface area (Å²) < 4.78 is 4.85. The molecule has 1 N–H and O–H groups in total. The van der Waals surface area contributed by atoms with Gasteiger partial charge in [0.1, 0.15) is 0 Å².